The van der Waals surface area contributed by atoms with Crippen molar-refractivity contribution >= 4 is 38.9 Å². The Morgan fingerprint density at radius 2 is 0.736 bits per heavy atom. The van der Waals surface area contributed by atoms with Crippen LogP contribution in [0.3, 0.4) is 0 Å². The quantitative estimate of drug-likeness (QED) is 0.0342. The molecule has 121 heavy (non-hydrogen) atoms. The summed E-state index contributed by atoms with van der Waals surface area (Å²) in [6, 6.07) is 85.5. The first-order valence-electron chi connectivity index (χ1n) is 37.9. The Morgan fingerprint density at radius 1 is 0.347 bits per heavy atom. The number of hydrogen-bond donors (Lipinski definition) is 3. The van der Waals surface area contributed by atoms with Crippen molar-refractivity contribution in [3.8, 4) is 103 Å². The van der Waals surface area contributed by atoms with E-state index in [1.54, 1.807) is 20.3 Å². The fraction of sp³-hybridized carbons (Fsp3) is 0.215. The van der Waals surface area contributed by atoms with E-state index in [4.69, 9.17) is 14.6 Å². The molecule has 0 amide bonds. The molecule has 0 aliphatic rings. The van der Waals surface area contributed by atoms with Crippen LogP contribution in [-0.2, 0) is 94.8 Å². The molecule has 24 nitrogen and oxygen atoms in total. The van der Waals surface area contributed by atoms with Gasteiger partial charge in [0.05, 0.1) is 31.5 Å². The third-order valence-corrected chi connectivity index (χ3v) is 17.4. The van der Waals surface area contributed by atoms with Crippen LogP contribution in [0.5, 0.6) is 11.5 Å². The second-order valence-electron chi connectivity index (χ2n) is 26.5. The molecule has 28 heteroatoms. The maximum absolute atomic E-state index is 11.7. The van der Waals surface area contributed by atoms with E-state index in [0.717, 1.165) is 97.7 Å². The largest absolute Gasteiger partial charge is 0.540 e. The zero-order valence-electron chi connectivity index (χ0n) is 68.7. The van der Waals surface area contributed by atoms with Crippen LogP contribution in [0.25, 0.3) is 113 Å². The van der Waals surface area contributed by atoms with Crippen LogP contribution in [0.2, 0.25) is 0 Å². The minimum absolute atomic E-state index is 0. The van der Waals surface area contributed by atoms with Crippen LogP contribution >= 0.6 is 0 Å². The minimum atomic E-state index is -0.125. The summed E-state index contributed by atoms with van der Waals surface area (Å²) in [5.74, 6) is 6.02. The normalized spacial score (nSPS) is 10.7. The van der Waals surface area contributed by atoms with Crippen LogP contribution in [0.15, 0.2) is 266 Å². The van der Waals surface area contributed by atoms with Gasteiger partial charge in [0.15, 0.2) is 17.3 Å². The number of rotatable bonds is 21. The molecule has 0 aliphatic heterocycles. The van der Waals surface area contributed by atoms with E-state index < -0.39 is 0 Å². The average molecular weight is 2330 g/mol. The molecule has 4 heterocycles. The summed E-state index contributed by atoms with van der Waals surface area (Å²) in [6.07, 6.45) is 7.39. The maximum atomic E-state index is 11.7. The van der Waals surface area contributed by atoms with Crippen molar-refractivity contribution < 1.29 is 120 Å². The molecule has 0 spiro atoms. The van der Waals surface area contributed by atoms with Crippen molar-refractivity contribution in [3.05, 3.63) is 290 Å². The predicted octanol–water partition coefficient (Wildman–Crippen LogP) is 19.1. The number of nitrogens with zero attached hydrogens (tertiary/aromatic N) is 16. The predicted molar refractivity (Wildman–Crippen MR) is 454 cm³/mol. The smallest absolute Gasteiger partial charge is 0.202 e. The number of aliphatic hydroxyl groups is 3. The van der Waals surface area contributed by atoms with Crippen molar-refractivity contribution in [1.82, 2.24) is 81.6 Å². The van der Waals surface area contributed by atoms with Gasteiger partial charge in [0, 0.05) is 150 Å². The number of methoxy groups -OCH3 is 2. The van der Waals surface area contributed by atoms with Gasteiger partial charge in [0.25, 0.3) is 0 Å². The molecular weight excluding hydrogens is 2240 g/mol. The van der Waals surface area contributed by atoms with E-state index in [2.05, 4.69) is 130 Å². The monoisotopic (exact) mass is 2330 g/mol. The molecule has 14 rings (SSSR count). The van der Waals surface area contributed by atoms with Gasteiger partial charge < -0.3 is 24.8 Å². The van der Waals surface area contributed by atoms with Crippen molar-refractivity contribution in [2.24, 2.45) is 23.7 Å². The van der Waals surface area contributed by atoms with Crippen LogP contribution in [0.1, 0.15) is 94.9 Å². The first-order chi connectivity index (χ1) is 56.7. The number of carbonyl (C=O) groups excluding carboxylic acids is 3. The molecule has 0 unspecified atom stereocenters. The zero-order valence-corrected chi connectivity index (χ0v) is 78.3. The topological polar surface area (TPSA) is 337 Å². The summed E-state index contributed by atoms with van der Waals surface area (Å²) in [4.78, 5) is 32.8. The summed E-state index contributed by atoms with van der Waals surface area (Å²) in [6.45, 7) is 18.2. The summed E-state index contributed by atoms with van der Waals surface area (Å²) in [5, 5.41) is 98.0. The van der Waals surface area contributed by atoms with Crippen LogP contribution in [0.4, 0.5) is 0 Å². The van der Waals surface area contributed by atoms with E-state index in [1.807, 2.05) is 256 Å². The Bertz CT molecular complexity index is 5070. The standard InChI is InChI=1S/C22H13N4.C16H13N4O2.2C14H9N4.C13H24O2.C9H16O2.C5H8O2.4Ir/c1-3-11-17-15(7-1)9-5-13-19(17)21-23-25-22(26-24-21)20-14-6-10-16-8-2-4-12-18(16)20;1-21-13-7-3-11(4-8-13)15-17-19-16(20-18-15)12-5-9-14(22-2)10-6-12;2*1-3-7-11(8-4-1)13-15-17-14(18-16-13)12-9-5-2-6-10-12;1-5-10(6-2)12(14)9-13(15)11(7-3)8-4;1-6(2)8(10)5-9(11)7(3)4;1-4(6)3-5(2)7;;;;/h1-13H;3-5,7-10H,1-2H3;2*1-9H;9-11,14H,5-8H2,1-4H3;5-7,10H,1-4H3;3,6H,1-2H3;;;;/q4*-1;;;;;;;. The van der Waals surface area contributed by atoms with E-state index in [1.165, 1.54) is 32.1 Å². The fourth-order valence-corrected chi connectivity index (χ4v) is 10.8. The maximum Gasteiger partial charge on any atom is 0.202 e. The minimum Gasteiger partial charge on any atom is -0.540 e. The Balaban J connectivity index is 0.000000303. The van der Waals surface area contributed by atoms with Crippen LogP contribution in [-0.4, -0.2) is 128 Å². The number of carbonyl (C=O) groups is 3. The molecule has 14 aromatic rings. The van der Waals surface area contributed by atoms with Gasteiger partial charge in [-0.15, -0.1) is 166 Å². The van der Waals surface area contributed by atoms with E-state index in [9.17, 15) is 24.6 Å². The molecule has 4 radical (unpaired) electrons. The molecule has 0 saturated heterocycles. The van der Waals surface area contributed by atoms with Gasteiger partial charge in [-0.3, -0.25) is 14.4 Å². The molecule has 0 saturated carbocycles. The first-order valence-corrected chi connectivity index (χ1v) is 37.9. The molecule has 0 atom stereocenters. The van der Waals surface area contributed by atoms with Crippen LogP contribution in [0, 0.1) is 47.9 Å². The summed E-state index contributed by atoms with van der Waals surface area (Å²) in [7, 11) is 3.22. The Morgan fingerprint density at radius 3 is 1.14 bits per heavy atom. The summed E-state index contributed by atoms with van der Waals surface area (Å²) < 4.78 is 10.2. The number of aliphatic hydroxyl groups excluding tert-OH is 3. The Kier molecular flexibility index (Phi) is 45.8. The van der Waals surface area contributed by atoms with Gasteiger partial charge in [-0.2, -0.15) is 40.8 Å². The van der Waals surface area contributed by atoms with Crippen molar-refractivity contribution in [3.63, 3.8) is 0 Å². The van der Waals surface area contributed by atoms with Gasteiger partial charge in [0.2, 0.25) is 23.3 Å². The molecule has 4 aromatic heterocycles. The first kappa shape index (κ1) is 102. The summed E-state index contributed by atoms with van der Waals surface area (Å²) in [5.41, 5.74) is 6.66. The number of fused-ring (bicyclic) bond motifs is 2. The van der Waals surface area contributed by atoms with Gasteiger partial charge in [-0.25, -0.2) is 0 Å². The van der Waals surface area contributed by atoms with Gasteiger partial charge in [-0.1, -0.05) is 194 Å². The molecule has 3 N–H and O–H groups in total. The van der Waals surface area contributed by atoms with Gasteiger partial charge in [0.1, 0.15) is 29.0 Å². The SMILES string of the molecule is CC(=O)C=C(C)O.CC(C)C(=O)C=C(O)C(C)C.CCC(CC)C(=O)C=C(O)C(CC)CC.COc1c[c-]c(-c2nnc(-c3ccc(OC)cc3)nn2)cc1.[Ir].[Ir].[Ir].[Ir].[c-]1ccc2ccccc2c1-c1nnc(-c2cccc3ccccc23)nn1.[c-]1ccccc1-c1nnc(-c2ccccc2)nn1.[c-]1ccccc1-c1nnc(-c2ccccc2)nn1. The van der Waals surface area contributed by atoms with Gasteiger partial charge >= 0.3 is 0 Å². The Labute approximate surface area is 759 Å². The van der Waals surface area contributed by atoms with Crippen molar-refractivity contribution in [1.29, 1.82) is 0 Å². The second-order valence-corrected chi connectivity index (χ2v) is 26.5. The number of aromatic nitrogens is 16. The number of ether oxygens (including phenoxy) is 2. The Hall–Kier alpha value is -11.7. The average Bonchev–Trinajstić information content (AvgIpc) is 0.787. The van der Waals surface area contributed by atoms with E-state index in [0.29, 0.717) is 52.2 Å². The van der Waals surface area contributed by atoms with E-state index in [-0.39, 0.29) is 139 Å². The molecule has 10 aromatic carbocycles. The third kappa shape index (κ3) is 32.4. The third-order valence-electron chi connectivity index (χ3n) is 17.4. The zero-order chi connectivity index (χ0) is 83.9. The fourth-order valence-electron chi connectivity index (χ4n) is 10.8. The number of allylic oxidation sites excluding steroid dienone is 6. The molecule has 0 fully saturated rings. The molecular formula is C93H92Ir4N16O8-4. The van der Waals surface area contributed by atoms with Crippen molar-refractivity contribution in [2.45, 2.75) is 94.9 Å². The number of hydrogen-bond acceptors (Lipinski definition) is 24. The number of ketones is 3. The molecule has 632 valence electrons. The second kappa shape index (κ2) is 54.5. The van der Waals surface area contributed by atoms with Gasteiger partial charge in [-0.05, 0) is 74.6 Å². The van der Waals surface area contributed by atoms with Crippen molar-refractivity contribution in [2.75, 3.05) is 14.2 Å². The number of benzene rings is 10. The summed E-state index contributed by atoms with van der Waals surface area (Å²) >= 11 is 0. The molecule has 0 bridgehead atoms. The van der Waals surface area contributed by atoms with E-state index >= 15 is 0 Å². The van der Waals surface area contributed by atoms with Crippen LogP contribution < -0.4 is 9.47 Å². The molecule has 0 aliphatic carbocycles.